The van der Waals surface area contributed by atoms with E-state index in [1.807, 2.05) is 19.9 Å². The fourth-order valence-corrected chi connectivity index (χ4v) is 4.60. The molecule has 0 bridgehead atoms. The molecule has 8 heteroatoms. The van der Waals surface area contributed by atoms with Gasteiger partial charge in [-0.15, -0.1) is 0 Å². The number of hydrogen-bond acceptors (Lipinski definition) is 6. The first-order valence-electron chi connectivity index (χ1n) is 11.1. The van der Waals surface area contributed by atoms with Crippen LogP contribution >= 0.6 is 11.6 Å². The Labute approximate surface area is 213 Å². The van der Waals surface area contributed by atoms with Gasteiger partial charge in [0.2, 0.25) is 0 Å². The number of benzene rings is 3. The maximum atomic E-state index is 13.4. The third-order valence-corrected chi connectivity index (χ3v) is 6.02. The van der Waals surface area contributed by atoms with Crippen LogP contribution in [-0.4, -0.2) is 29.9 Å². The van der Waals surface area contributed by atoms with Crippen molar-refractivity contribution in [2.75, 3.05) is 12.0 Å². The zero-order valence-corrected chi connectivity index (χ0v) is 20.9. The summed E-state index contributed by atoms with van der Waals surface area (Å²) in [5, 5.41) is 11.7. The third-order valence-electron chi connectivity index (χ3n) is 5.78. The Balaban J connectivity index is 2.01. The predicted molar refractivity (Wildman–Crippen MR) is 136 cm³/mol. The van der Waals surface area contributed by atoms with Crippen molar-refractivity contribution in [3.63, 3.8) is 0 Å². The third kappa shape index (κ3) is 4.70. The van der Waals surface area contributed by atoms with Gasteiger partial charge in [-0.05, 0) is 73.0 Å². The van der Waals surface area contributed by atoms with Crippen LogP contribution in [0, 0.1) is 13.8 Å². The number of aliphatic hydroxyl groups excluding tert-OH is 1. The molecule has 1 aliphatic heterocycles. The number of ketones is 1. The molecule has 0 aliphatic carbocycles. The van der Waals surface area contributed by atoms with E-state index >= 15 is 0 Å². The summed E-state index contributed by atoms with van der Waals surface area (Å²) in [4.78, 5) is 39.8. The number of rotatable bonds is 5. The Bertz CT molecular complexity index is 1410. The van der Waals surface area contributed by atoms with E-state index in [2.05, 4.69) is 0 Å². The van der Waals surface area contributed by atoms with Crippen LogP contribution in [-0.2, 0) is 14.4 Å². The Morgan fingerprint density at radius 3 is 2.33 bits per heavy atom. The first-order valence-corrected chi connectivity index (χ1v) is 11.5. The van der Waals surface area contributed by atoms with E-state index in [1.54, 1.807) is 48.5 Å². The molecule has 0 spiro atoms. The van der Waals surface area contributed by atoms with Gasteiger partial charge in [0, 0.05) is 17.6 Å². The van der Waals surface area contributed by atoms with Crippen LogP contribution in [0.5, 0.6) is 11.5 Å². The summed E-state index contributed by atoms with van der Waals surface area (Å²) in [7, 11) is 1.42. The highest BCUT2D eigenvalue weighted by Gasteiger charge is 2.47. The van der Waals surface area contributed by atoms with E-state index in [-0.39, 0.29) is 22.6 Å². The van der Waals surface area contributed by atoms with E-state index in [9.17, 15) is 19.5 Å². The second-order valence-corrected chi connectivity index (χ2v) is 8.96. The first-order chi connectivity index (χ1) is 17.1. The lowest BCUT2D eigenvalue weighted by molar-refractivity contribution is -0.132. The number of halogens is 1. The Morgan fingerprint density at radius 2 is 1.69 bits per heavy atom. The Morgan fingerprint density at radius 1 is 1.00 bits per heavy atom. The number of esters is 1. The normalized spacial score (nSPS) is 16.8. The highest BCUT2D eigenvalue weighted by atomic mass is 35.5. The van der Waals surface area contributed by atoms with Gasteiger partial charge in [0.15, 0.2) is 0 Å². The number of Topliss-reactive ketones (excluding diaryl/α,β-unsaturated/α-hetero) is 1. The number of aliphatic hydroxyl groups is 1. The van der Waals surface area contributed by atoms with Crippen molar-refractivity contribution >= 4 is 40.7 Å². The van der Waals surface area contributed by atoms with Crippen molar-refractivity contribution in [2.24, 2.45) is 0 Å². The maximum absolute atomic E-state index is 13.4. The molecular formula is C28H24ClNO6. The monoisotopic (exact) mass is 505 g/mol. The molecular weight excluding hydrogens is 482 g/mol. The molecule has 7 nitrogen and oxygen atoms in total. The van der Waals surface area contributed by atoms with Crippen molar-refractivity contribution in [3.8, 4) is 11.5 Å². The molecule has 36 heavy (non-hydrogen) atoms. The highest BCUT2D eigenvalue weighted by Crippen LogP contribution is 2.44. The van der Waals surface area contributed by atoms with Gasteiger partial charge in [0.1, 0.15) is 17.3 Å². The van der Waals surface area contributed by atoms with Gasteiger partial charge in [0.05, 0.1) is 24.3 Å². The fraction of sp³-hybridized carbons (Fsp3) is 0.179. The molecule has 4 rings (SSSR count). The number of carbonyl (C=O) groups excluding carboxylic acids is 3. The van der Waals surface area contributed by atoms with Crippen molar-refractivity contribution in [3.05, 3.63) is 93.5 Å². The van der Waals surface area contributed by atoms with Gasteiger partial charge in [-0.2, -0.15) is 0 Å². The van der Waals surface area contributed by atoms with Gasteiger partial charge in [-0.1, -0.05) is 29.8 Å². The molecule has 1 unspecified atom stereocenters. The lowest BCUT2D eigenvalue weighted by Crippen LogP contribution is -2.29. The molecule has 0 radical (unpaired) electrons. The molecule has 3 aromatic carbocycles. The molecule has 1 heterocycles. The topological polar surface area (TPSA) is 93.1 Å². The summed E-state index contributed by atoms with van der Waals surface area (Å²) in [6.07, 6.45) is 0. The van der Waals surface area contributed by atoms with Gasteiger partial charge in [0.25, 0.3) is 11.7 Å². The minimum atomic E-state index is -1.01. The average Bonchev–Trinajstić information content (AvgIpc) is 3.08. The SMILES string of the molecule is COc1ccc(Cl)cc1/C(O)=C1\C(=O)C(=O)N(c2cc(C)cc(C)c2)C1c1cccc(OC(C)=O)c1. The lowest BCUT2D eigenvalue weighted by Gasteiger charge is -2.26. The number of nitrogens with zero attached hydrogens (tertiary/aromatic N) is 1. The van der Waals surface area contributed by atoms with Crippen molar-refractivity contribution in [2.45, 2.75) is 26.8 Å². The molecule has 3 aromatic rings. The highest BCUT2D eigenvalue weighted by molar-refractivity contribution is 6.51. The van der Waals surface area contributed by atoms with Crippen molar-refractivity contribution in [1.29, 1.82) is 0 Å². The summed E-state index contributed by atoms with van der Waals surface area (Å²) in [6, 6.07) is 15.6. The maximum Gasteiger partial charge on any atom is 0.308 e. The number of methoxy groups -OCH3 is 1. The van der Waals surface area contributed by atoms with Crippen LogP contribution in [0.1, 0.15) is 35.2 Å². The average molecular weight is 506 g/mol. The molecule has 0 saturated carbocycles. The van der Waals surface area contributed by atoms with Gasteiger partial charge >= 0.3 is 5.97 Å². The van der Waals surface area contributed by atoms with Gasteiger partial charge in [-0.3, -0.25) is 19.3 Å². The molecule has 1 fully saturated rings. The quantitative estimate of drug-likeness (QED) is 0.161. The second-order valence-electron chi connectivity index (χ2n) is 8.53. The molecule has 1 saturated heterocycles. The van der Waals surface area contributed by atoms with Crippen LogP contribution in [0.3, 0.4) is 0 Å². The van der Waals surface area contributed by atoms with Crippen LogP contribution in [0.15, 0.2) is 66.2 Å². The lowest BCUT2D eigenvalue weighted by atomic mass is 9.94. The van der Waals surface area contributed by atoms with Crippen molar-refractivity contribution < 1.29 is 29.0 Å². The minimum absolute atomic E-state index is 0.139. The number of carbonyl (C=O) groups is 3. The van der Waals surface area contributed by atoms with E-state index in [0.29, 0.717) is 16.3 Å². The number of aryl methyl sites for hydroxylation is 2. The fourth-order valence-electron chi connectivity index (χ4n) is 4.43. The smallest absolute Gasteiger partial charge is 0.308 e. The Kier molecular flexibility index (Phi) is 6.86. The molecule has 1 N–H and O–H groups in total. The predicted octanol–water partition coefficient (Wildman–Crippen LogP) is 5.52. The number of ether oxygens (including phenoxy) is 2. The minimum Gasteiger partial charge on any atom is -0.507 e. The molecule has 1 amide bonds. The van der Waals surface area contributed by atoms with Crippen LogP contribution in [0.4, 0.5) is 5.69 Å². The number of anilines is 1. The summed E-state index contributed by atoms with van der Waals surface area (Å²) < 4.78 is 10.6. The molecule has 1 atom stereocenters. The zero-order valence-electron chi connectivity index (χ0n) is 20.2. The van der Waals surface area contributed by atoms with E-state index in [0.717, 1.165) is 11.1 Å². The molecule has 1 aliphatic rings. The zero-order chi connectivity index (χ0) is 26.1. The van der Waals surface area contributed by atoms with Gasteiger partial charge in [-0.25, -0.2) is 0 Å². The van der Waals surface area contributed by atoms with Gasteiger partial charge < -0.3 is 14.6 Å². The summed E-state index contributed by atoms with van der Waals surface area (Å²) >= 11 is 6.17. The first kappa shape index (κ1) is 25.0. The van der Waals surface area contributed by atoms with E-state index in [4.69, 9.17) is 21.1 Å². The van der Waals surface area contributed by atoms with Crippen LogP contribution in [0.2, 0.25) is 5.02 Å². The molecule has 0 aromatic heterocycles. The van der Waals surface area contributed by atoms with Crippen LogP contribution in [0.25, 0.3) is 5.76 Å². The largest absolute Gasteiger partial charge is 0.507 e. The summed E-state index contributed by atoms with van der Waals surface area (Å²) in [6.45, 7) is 5.06. The summed E-state index contributed by atoms with van der Waals surface area (Å²) in [5.74, 6) is -2.09. The molecule has 184 valence electrons. The number of hydrogen-bond donors (Lipinski definition) is 1. The van der Waals surface area contributed by atoms with E-state index < -0.39 is 29.5 Å². The standard InChI is InChI=1S/C28H24ClNO6/c1-15-10-16(2)12-20(11-15)30-25(18-6-5-7-21(13-18)36-17(3)31)24(27(33)28(30)34)26(32)22-14-19(29)8-9-23(22)35-4/h5-14,25,32H,1-4H3/b26-24+. The van der Waals surface area contributed by atoms with Crippen LogP contribution < -0.4 is 14.4 Å². The van der Waals surface area contributed by atoms with E-state index in [1.165, 1.54) is 25.0 Å². The summed E-state index contributed by atoms with van der Waals surface area (Å²) in [5.41, 5.74) is 2.79. The Hall–Kier alpha value is -4.10. The second kappa shape index (κ2) is 9.87. The number of amides is 1. The van der Waals surface area contributed by atoms with Crippen molar-refractivity contribution in [1.82, 2.24) is 0 Å².